The fourth-order valence-electron chi connectivity index (χ4n) is 2.44. The molecule has 0 fully saturated rings. The number of aliphatic imine (C=N–C) groups is 1. The van der Waals surface area contributed by atoms with Crippen molar-refractivity contribution in [1.29, 1.82) is 0 Å². The number of ether oxygens (including phenoxy) is 2. The van der Waals surface area contributed by atoms with Gasteiger partial charge in [0.15, 0.2) is 10.8 Å². The third kappa shape index (κ3) is 4.39. The Morgan fingerprint density at radius 2 is 2.21 bits per heavy atom. The lowest BCUT2D eigenvalue weighted by molar-refractivity contribution is -0.130. The number of benzene rings is 1. The molecule has 0 saturated heterocycles. The summed E-state index contributed by atoms with van der Waals surface area (Å²) in [5.74, 6) is -0.923. The van der Waals surface area contributed by atoms with Gasteiger partial charge in [0.05, 0.1) is 5.69 Å². The molecular formula is C18H15F2N3O4S. The van der Waals surface area contributed by atoms with Gasteiger partial charge < -0.3 is 9.47 Å². The highest BCUT2D eigenvalue weighted by atomic mass is 32.1. The zero-order chi connectivity index (χ0) is 20.3. The lowest BCUT2D eigenvalue weighted by atomic mass is 10.2. The SMILES string of the molecule is CCN(C(C)=O)c1nc(/C=C2\N=C(c3cccc(OC(F)F)c3)OC2=O)cs1. The van der Waals surface area contributed by atoms with Gasteiger partial charge in [0.1, 0.15) is 5.75 Å². The van der Waals surface area contributed by atoms with Crippen molar-refractivity contribution in [1.82, 2.24) is 4.98 Å². The third-order valence-electron chi connectivity index (χ3n) is 3.65. The van der Waals surface area contributed by atoms with Crippen LogP contribution in [0.2, 0.25) is 0 Å². The third-order valence-corrected chi connectivity index (χ3v) is 4.53. The molecule has 1 aromatic carbocycles. The summed E-state index contributed by atoms with van der Waals surface area (Å²) in [6.45, 7) is 0.785. The highest BCUT2D eigenvalue weighted by Gasteiger charge is 2.25. The molecule has 0 saturated carbocycles. The number of anilines is 1. The second-order valence-electron chi connectivity index (χ2n) is 5.56. The first-order valence-corrected chi connectivity index (χ1v) is 9.06. The number of cyclic esters (lactones) is 1. The Morgan fingerprint density at radius 1 is 1.43 bits per heavy atom. The van der Waals surface area contributed by atoms with Gasteiger partial charge in [-0.1, -0.05) is 6.07 Å². The number of halogens is 2. The summed E-state index contributed by atoms with van der Waals surface area (Å²) in [4.78, 5) is 33.6. The average molecular weight is 407 g/mol. The summed E-state index contributed by atoms with van der Waals surface area (Å²) < 4.78 is 34.2. The molecule has 0 unspecified atom stereocenters. The van der Waals surface area contributed by atoms with Gasteiger partial charge >= 0.3 is 12.6 Å². The van der Waals surface area contributed by atoms with Gasteiger partial charge in [0.25, 0.3) is 0 Å². The Hall–Kier alpha value is -3.14. The Labute approximate surface area is 162 Å². The molecule has 7 nitrogen and oxygen atoms in total. The summed E-state index contributed by atoms with van der Waals surface area (Å²) >= 11 is 1.26. The Balaban J connectivity index is 1.84. The molecule has 0 spiro atoms. The lowest BCUT2D eigenvalue weighted by Gasteiger charge is -2.14. The highest BCUT2D eigenvalue weighted by Crippen LogP contribution is 2.25. The number of alkyl halides is 2. The first-order valence-electron chi connectivity index (χ1n) is 8.18. The number of carbonyl (C=O) groups is 2. The maximum atomic E-state index is 12.4. The lowest BCUT2D eigenvalue weighted by Crippen LogP contribution is -2.27. The largest absolute Gasteiger partial charge is 0.435 e. The van der Waals surface area contributed by atoms with Crippen LogP contribution in [0.5, 0.6) is 5.75 Å². The maximum Gasteiger partial charge on any atom is 0.387 e. The minimum Gasteiger partial charge on any atom is -0.435 e. The molecule has 0 bridgehead atoms. The standard InChI is InChI=1S/C18H15F2N3O4S/c1-3-23(10(2)24)18-21-12(9-28-18)8-14-16(25)27-15(22-14)11-5-4-6-13(7-11)26-17(19)20/h4-9,17H,3H2,1-2H3/b14-8-. The Kier molecular flexibility index (Phi) is 5.78. The van der Waals surface area contributed by atoms with E-state index >= 15 is 0 Å². The van der Waals surface area contributed by atoms with Crippen LogP contribution in [0.1, 0.15) is 25.1 Å². The van der Waals surface area contributed by atoms with Crippen molar-refractivity contribution < 1.29 is 27.8 Å². The molecule has 1 aromatic heterocycles. The van der Waals surface area contributed by atoms with Gasteiger partial charge in [0, 0.05) is 24.4 Å². The molecule has 0 aliphatic carbocycles. The van der Waals surface area contributed by atoms with Crippen LogP contribution >= 0.6 is 11.3 Å². The molecule has 2 heterocycles. The molecule has 0 radical (unpaired) electrons. The second-order valence-corrected chi connectivity index (χ2v) is 6.40. The van der Waals surface area contributed by atoms with E-state index in [0.717, 1.165) is 0 Å². The van der Waals surface area contributed by atoms with Crippen molar-refractivity contribution in [3.63, 3.8) is 0 Å². The van der Waals surface area contributed by atoms with Crippen molar-refractivity contribution in [3.8, 4) is 5.75 Å². The number of thiazole rings is 1. The average Bonchev–Trinajstić information content (AvgIpc) is 3.23. The number of amides is 1. The number of aromatic nitrogens is 1. The molecule has 2 aromatic rings. The van der Waals surface area contributed by atoms with Crippen LogP contribution in [-0.2, 0) is 14.3 Å². The Morgan fingerprint density at radius 3 is 2.89 bits per heavy atom. The minimum atomic E-state index is -2.96. The molecule has 1 aliphatic rings. The first kappa shape index (κ1) is 19.6. The monoisotopic (exact) mass is 407 g/mol. The zero-order valence-corrected chi connectivity index (χ0v) is 15.7. The van der Waals surface area contributed by atoms with E-state index in [1.807, 2.05) is 6.92 Å². The first-order chi connectivity index (χ1) is 13.4. The summed E-state index contributed by atoms with van der Waals surface area (Å²) in [5.41, 5.74) is 0.784. The van der Waals surface area contributed by atoms with Gasteiger partial charge in [-0.05, 0) is 31.2 Å². The van der Waals surface area contributed by atoms with E-state index in [4.69, 9.17) is 4.74 Å². The number of nitrogens with zero attached hydrogens (tertiary/aromatic N) is 3. The molecule has 3 rings (SSSR count). The molecule has 0 N–H and O–H groups in total. The maximum absolute atomic E-state index is 12.4. The molecule has 10 heteroatoms. The fraction of sp³-hybridized carbons (Fsp3) is 0.222. The minimum absolute atomic E-state index is 0.0119. The molecular weight excluding hydrogens is 392 g/mol. The van der Waals surface area contributed by atoms with Gasteiger partial charge in [-0.25, -0.2) is 14.8 Å². The van der Waals surface area contributed by atoms with Crippen molar-refractivity contribution in [2.24, 2.45) is 4.99 Å². The van der Waals surface area contributed by atoms with Gasteiger partial charge in [0.2, 0.25) is 11.8 Å². The van der Waals surface area contributed by atoms with Crippen LogP contribution in [0.25, 0.3) is 6.08 Å². The molecule has 146 valence electrons. The van der Waals surface area contributed by atoms with Crippen LogP contribution in [-0.4, -0.2) is 35.9 Å². The van der Waals surface area contributed by atoms with E-state index < -0.39 is 12.6 Å². The Bertz CT molecular complexity index is 971. The highest BCUT2D eigenvalue weighted by molar-refractivity contribution is 7.14. The van der Waals surface area contributed by atoms with E-state index in [-0.39, 0.29) is 23.3 Å². The number of hydrogen-bond acceptors (Lipinski definition) is 7. The van der Waals surface area contributed by atoms with Gasteiger partial charge in [-0.15, -0.1) is 11.3 Å². The fourth-order valence-corrected chi connectivity index (χ4v) is 3.33. The van der Waals surface area contributed by atoms with Crippen molar-refractivity contribution >= 4 is 40.3 Å². The van der Waals surface area contributed by atoms with Crippen LogP contribution in [0, 0.1) is 0 Å². The normalized spacial score (nSPS) is 15.0. The van der Waals surface area contributed by atoms with E-state index in [9.17, 15) is 18.4 Å². The number of rotatable bonds is 6. The molecule has 28 heavy (non-hydrogen) atoms. The zero-order valence-electron chi connectivity index (χ0n) is 14.9. The van der Waals surface area contributed by atoms with Crippen LogP contribution in [0.4, 0.5) is 13.9 Å². The topological polar surface area (TPSA) is 81.1 Å². The van der Waals surface area contributed by atoms with Crippen LogP contribution in [0.3, 0.4) is 0 Å². The van der Waals surface area contributed by atoms with Crippen LogP contribution < -0.4 is 9.64 Å². The molecule has 0 atom stereocenters. The van der Waals surface area contributed by atoms with E-state index in [2.05, 4.69) is 14.7 Å². The summed E-state index contributed by atoms with van der Waals surface area (Å²) in [5, 5.41) is 2.19. The quantitative estimate of drug-likeness (QED) is 0.541. The van der Waals surface area contributed by atoms with Crippen LogP contribution in [0.15, 0.2) is 40.3 Å². The van der Waals surface area contributed by atoms with Crippen molar-refractivity contribution in [2.75, 3.05) is 11.4 Å². The van der Waals surface area contributed by atoms with Crippen molar-refractivity contribution in [2.45, 2.75) is 20.5 Å². The number of hydrogen-bond donors (Lipinski definition) is 0. The number of esters is 1. The van der Waals surface area contributed by atoms with E-state index in [1.54, 1.807) is 11.4 Å². The number of carbonyl (C=O) groups excluding carboxylic acids is 2. The van der Waals surface area contributed by atoms with Gasteiger partial charge in [-0.2, -0.15) is 8.78 Å². The second kappa shape index (κ2) is 8.26. The van der Waals surface area contributed by atoms with Crippen molar-refractivity contribution in [3.05, 3.63) is 46.6 Å². The predicted octanol–water partition coefficient (Wildman–Crippen LogP) is 3.46. The smallest absolute Gasteiger partial charge is 0.387 e. The summed E-state index contributed by atoms with van der Waals surface area (Å²) in [6, 6.07) is 5.70. The van der Waals surface area contributed by atoms with Gasteiger partial charge in [-0.3, -0.25) is 9.69 Å². The van der Waals surface area contributed by atoms with E-state index in [0.29, 0.717) is 22.9 Å². The predicted molar refractivity (Wildman–Crippen MR) is 99.5 cm³/mol. The molecule has 1 amide bonds. The van der Waals surface area contributed by atoms with E-state index in [1.165, 1.54) is 47.4 Å². The summed E-state index contributed by atoms with van der Waals surface area (Å²) in [7, 11) is 0. The molecule has 1 aliphatic heterocycles. The summed E-state index contributed by atoms with van der Waals surface area (Å²) in [6.07, 6.45) is 1.43.